The van der Waals surface area contributed by atoms with Gasteiger partial charge in [-0.25, -0.2) is 4.79 Å². The van der Waals surface area contributed by atoms with Gasteiger partial charge in [-0.05, 0) is 24.6 Å². The molecule has 18 heavy (non-hydrogen) atoms. The maximum atomic E-state index is 11.7. The molecule has 2 aromatic rings. The average molecular weight is 265 g/mol. The van der Waals surface area contributed by atoms with Crippen LogP contribution in [-0.4, -0.2) is 15.8 Å². The molecule has 0 bridgehead atoms. The van der Waals surface area contributed by atoms with E-state index in [0.717, 1.165) is 5.56 Å². The van der Waals surface area contributed by atoms with Crippen molar-refractivity contribution in [2.75, 3.05) is 10.6 Å². The highest BCUT2D eigenvalue weighted by Crippen LogP contribution is 2.20. The van der Waals surface area contributed by atoms with Crippen LogP contribution in [0.5, 0.6) is 0 Å². The molecule has 2 rings (SSSR count). The molecule has 0 saturated carbocycles. The maximum Gasteiger partial charge on any atom is 0.323 e. The van der Waals surface area contributed by atoms with Gasteiger partial charge in [0, 0.05) is 24.0 Å². The summed E-state index contributed by atoms with van der Waals surface area (Å²) in [6.45, 7) is 1.90. The van der Waals surface area contributed by atoms with Gasteiger partial charge in [-0.15, -0.1) is 0 Å². The molecule has 0 fully saturated rings. The van der Waals surface area contributed by atoms with Gasteiger partial charge in [0.1, 0.15) is 0 Å². The third-order valence-corrected chi connectivity index (χ3v) is 2.80. The molecule has 1 aromatic carbocycles. The van der Waals surface area contributed by atoms with Gasteiger partial charge in [-0.3, -0.25) is 4.68 Å². The minimum absolute atomic E-state index is 0.331. The summed E-state index contributed by atoms with van der Waals surface area (Å²) in [6, 6.07) is 5.02. The Hall–Kier alpha value is -2.01. The van der Waals surface area contributed by atoms with Gasteiger partial charge < -0.3 is 10.6 Å². The van der Waals surface area contributed by atoms with Crippen LogP contribution in [0.1, 0.15) is 5.56 Å². The fourth-order valence-electron chi connectivity index (χ4n) is 1.45. The van der Waals surface area contributed by atoms with E-state index in [-0.39, 0.29) is 6.03 Å². The van der Waals surface area contributed by atoms with E-state index in [2.05, 4.69) is 15.7 Å². The number of aromatic nitrogens is 2. The molecule has 1 aromatic heterocycles. The summed E-state index contributed by atoms with van der Waals surface area (Å²) in [5.74, 6) is 0. The van der Waals surface area contributed by atoms with Gasteiger partial charge in [-0.2, -0.15) is 5.10 Å². The number of halogens is 1. The Morgan fingerprint density at radius 1 is 1.33 bits per heavy atom. The van der Waals surface area contributed by atoms with Crippen molar-refractivity contribution in [3.8, 4) is 0 Å². The molecule has 1 heterocycles. The quantitative estimate of drug-likeness (QED) is 0.876. The number of nitrogens with one attached hydrogen (secondary N) is 2. The molecule has 0 atom stereocenters. The first-order valence-electron chi connectivity index (χ1n) is 5.37. The minimum Gasteiger partial charge on any atom is -0.308 e. The standard InChI is InChI=1S/C12H13ClN4O/c1-8-3-4-9(5-11(8)13)15-12(18)16-10-6-14-17(2)7-10/h3-7H,1-2H3,(H2,15,16,18). The molecule has 0 aliphatic carbocycles. The van der Waals surface area contributed by atoms with Crippen molar-refractivity contribution in [3.63, 3.8) is 0 Å². The van der Waals surface area contributed by atoms with E-state index in [4.69, 9.17) is 11.6 Å². The fraction of sp³-hybridized carbons (Fsp3) is 0.167. The molecule has 94 valence electrons. The summed E-state index contributed by atoms with van der Waals surface area (Å²) in [5.41, 5.74) is 2.25. The number of anilines is 2. The van der Waals surface area contributed by atoms with Crippen LogP contribution < -0.4 is 10.6 Å². The van der Waals surface area contributed by atoms with Crippen molar-refractivity contribution in [1.82, 2.24) is 9.78 Å². The van der Waals surface area contributed by atoms with Gasteiger partial charge in [0.25, 0.3) is 0 Å². The first-order valence-corrected chi connectivity index (χ1v) is 5.75. The first-order chi connectivity index (χ1) is 8.54. The number of urea groups is 1. The lowest BCUT2D eigenvalue weighted by atomic mass is 10.2. The van der Waals surface area contributed by atoms with Crippen molar-refractivity contribution in [2.24, 2.45) is 7.05 Å². The van der Waals surface area contributed by atoms with Crippen molar-refractivity contribution < 1.29 is 4.79 Å². The van der Waals surface area contributed by atoms with Crippen molar-refractivity contribution in [2.45, 2.75) is 6.92 Å². The van der Waals surface area contributed by atoms with E-state index in [1.165, 1.54) is 0 Å². The number of carbonyl (C=O) groups is 1. The van der Waals surface area contributed by atoms with Crippen LogP contribution in [0, 0.1) is 6.92 Å². The topological polar surface area (TPSA) is 59.0 Å². The number of hydrogen-bond acceptors (Lipinski definition) is 2. The van der Waals surface area contributed by atoms with Crippen LogP contribution in [0.2, 0.25) is 5.02 Å². The number of aryl methyl sites for hydroxylation is 2. The normalized spacial score (nSPS) is 10.2. The Morgan fingerprint density at radius 2 is 2.06 bits per heavy atom. The number of amides is 2. The molecule has 5 nitrogen and oxygen atoms in total. The molecule has 0 aliphatic heterocycles. The molecule has 0 spiro atoms. The average Bonchev–Trinajstić information content (AvgIpc) is 2.69. The summed E-state index contributed by atoms with van der Waals surface area (Å²) in [4.78, 5) is 11.7. The number of carbonyl (C=O) groups excluding carboxylic acids is 1. The Bertz CT molecular complexity index is 579. The van der Waals surface area contributed by atoms with Crippen LogP contribution >= 0.6 is 11.6 Å². The fourth-order valence-corrected chi connectivity index (χ4v) is 1.63. The zero-order valence-electron chi connectivity index (χ0n) is 10.1. The summed E-state index contributed by atoms with van der Waals surface area (Å²) < 4.78 is 1.61. The third kappa shape index (κ3) is 3.01. The molecule has 2 amide bonds. The van der Waals surface area contributed by atoms with Gasteiger partial charge in [0.2, 0.25) is 0 Å². The van der Waals surface area contributed by atoms with Crippen LogP contribution in [0.4, 0.5) is 16.2 Å². The van der Waals surface area contributed by atoms with E-state index in [0.29, 0.717) is 16.4 Å². The molecule has 0 saturated heterocycles. The van der Waals surface area contributed by atoms with Gasteiger partial charge in [-0.1, -0.05) is 17.7 Å². The third-order valence-electron chi connectivity index (χ3n) is 2.39. The van der Waals surface area contributed by atoms with Gasteiger partial charge in [0.15, 0.2) is 0 Å². The number of nitrogens with zero attached hydrogens (tertiary/aromatic N) is 2. The second kappa shape index (κ2) is 5.10. The van der Waals surface area contributed by atoms with E-state index >= 15 is 0 Å². The van der Waals surface area contributed by atoms with Gasteiger partial charge >= 0.3 is 6.03 Å². The number of hydrogen-bond donors (Lipinski definition) is 2. The van der Waals surface area contributed by atoms with E-state index < -0.39 is 0 Å². The highest BCUT2D eigenvalue weighted by molar-refractivity contribution is 6.31. The molecular formula is C12H13ClN4O. The largest absolute Gasteiger partial charge is 0.323 e. The summed E-state index contributed by atoms with van der Waals surface area (Å²) in [5, 5.41) is 9.94. The van der Waals surface area contributed by atoms with Crippen LogP contribution in [0.15, 0.2) is 30.6 Å². The van der Waals surface area contributed by atoms with Crippen molar-refractivity contribution in [1.29, 1.82) is 0 Å². The lowest BCUT2D eigenvalue weighted by Crippen LogP contribution is -2.19. The van der Waals surface area contributed by atoms with E-state index in [9.17, 15) is 4.79 Å². The van der Waals surface area contributed by atoms with Crippen LogP contribution in [-0.2, 0) is 7.05 Å². The monoisotopic (exact) mass is 264 g/mol. The molecule has 6 heteroatoms. The van der Waals surface area contributed by atoms with Crippen molar-refractivity contribution >= 4 is 29.0 Å². The number of benzene rings is 1. The number of rotatable bonds is 2. The molecule has 0 aliphatic rings. The predicted molar refractivity (Wildman–Crippen MR) is 72.0 cm³/mol. The smallest absolute Gasteiger partial charge is 0.308 e. The second-order valence-corrected chi connectivity index (χ2v) is 4.35. The molecular weight excluding hydrogens is 252 g/mol. The zero-order valence-corrected chi connectivity index (χ0v) is 10.8. The molecule has 2 N–H and O–H groups in total. The molecule has 0 radical (unpaired) electrons. The molecule has 0 unspecified atom stereocenters. The summed E-state index contributed by atoms with van der Waals surface area (Å²) in [6.07, 6.45) is 3.28. The minimum atomic E-state index is -0.331. The lowest BCUT2D eigenvalue weighted by Gasteiger charge is -2.07. The van der Waals surface area contributed by atoms with Crippen molar-refractivity contribution in [3.05, 3.63) is 41.2 Å². The summed E-state index contributed by atoms with van der Waals surface area (Å²) >= 11 is 5.98. The van der Waals surface area contributed by atoms with Crippen LogP contribution in [0.25, 0.3) is 0 Å². The zero-order chi connectivity index (χ0) is 13.1. The lowest BCUT2D eigenvalue weighted by molar-refractivity contribution is 0.262. The van der Waals surface area contributed by atoms with Gasteiger partial charge in [0.05, 0.1) is 11.9 Å². The van der Waals surface area contributed by atoms with E-state index in [1.807, 2.05) is 13.0 Å². The maximum absolute atomic E-state index is 11.7. The summed E-state index contributed by atoms with van der Waals surface area (Å²) in [7, 11) is 1.78. The highest BCUT2D eigenvalue weighted by Gasteiger charge is 2.05. The predicted octanol–water partition coefficient (Wildman–Crippen LogP) is 3.03. The SMILES string of the molecule is Cc1ccc(NC(=O)Nc2cnn(C)c2)cc1Cl. The second-order valence-electron chi connectivity index (χ2n) is 3.95. The Morgan fingerprint density at radius 3 is 2.67 bits per heavy atom. The van der Waals surface area contributed by atoms with E-state index in [1.54, 1.807) is 36.3 Å². The van der Waals surface area contributed by atoms with Crippen LogP contribution in [0.3, 0.4) is 0 Å². The highest BCUT2D eigenvalue weighted by atomic mass is 35.5. The Labute approximate surface area is 110 Å². The Balaban J connectivity index is 2.00. The Kier molecular flexibility index (Phi) is 3.53. The first kappa shape index (κ1) is 12.4.